The maximum Gasteiger partial charge on any atom is 0.335 e. The lowest BCUT2D eigenvalue weighted by Gasteiger charge is -2.12. The third-order valence-electron chi connectivity index (χ3n) is 2.52. The summed E-state index contributed by atoms with van der Waals surface area (Å²) in [5.41, 5.74) is 7.00. The van der Waals surface area contributed by atoms with Gasteiger partial charge in [-0.3, -0.25) is 4.79 Å². The minimum absolute atomic E-state index is 0.135. The molecule has 0 aliphatic carbocycles. The molecule has 92 valence electrons. The maximum absolute atomic E-state index is 11.6. The summed E-state index contributed by atoms with van der Waals surface area (Å²) in [6.07, 6.45) is 0.531. The molecule has 5 nitrogen and oxygen atoms in total. The number of anilines is 1. The number of hydrogen-bond donors (Lipinski definition) is 3. The fourth-order valence-electron chi connectivity index (χ4n) is 1.30. The molecule has 1 unspecified atom stereocenters. The highest BCUT2D eigenvalue weighted by molar-refractivity contribution is 5.97. The van der Waals surface area contributed by atoms with Crippen molar-refractivity contribution in [2.45, 2.75) is 26.3 Å². The number of rotatable bonds is 4. The number of carboxylic acids is 1. The van der Waals surface area contributed by atoms with E-state index in [0.29, 0.717) is 12.1 Å². The Morgan fingerprint density at radius 3 is 2.65 bits per heavy atom. The van der Waals surface area contributed by atoms with E-state index in [1.807, 2.05) is 6.92 Å². The molecule has 0 radical (unpaired) electrons. The van der Waals surface area contributed by atoms with E-state index in [4.69, 9.17) is 10.8 Å². The molecule has 1 aromatic rings. The Hall–Kier alpha value is -1.88. The fourth-order valence-corrected chi connectivity index (χ4v) is 1.30. The predicted octanol–water partition coefficient (Wildman–Crippen LogP) is 1.37. The van der Waals surface area contributed by atoms with Crippen LogP contribution in [0.25, 0.3) is 0 Å². The van der Waals surface area contributed by atoms with Gasteiger partial charge in [0.25, 0.3) is 0 Å². The molecule has 1 rings (SSSR count). The van der Waals surface area contributed by atoms with Crippen LogP contribution in [0.3, 0.4) is 0 Å². The second kappa shape index (κ2) is 5.45. The van der Waals surface area contributed by atoms with Crippen LogP contribution in [0.1, 0.15) is 29.3 Å². The van der Waals surface area contributed by atoms with Crippen LogP contribution in [-0.4, -0.2) is 23.0 Å². The van der Waals surface area contributed by atoms with Crippen LogP contribution in [0, 0.1) is 6.92 Å². The highest BCUT2D eigenvalue weighted by Crippen LogP contribution is 2.17. The first-order valence-corrected chi connectivity index (χ1v) is 5.36. The van der Waals surface area contributed by atoms with Crippen molar-refractivity contribution in [3.05, 3.63) is 29.3 Å². The minimum atomic E-state index is -1.03. The average molecular weight is 236 g/mol. The zero-order valence-electron chi connectivity index (χ0n) is 9.86. The molecule has 0 saturated carbocycles. The lowest BCUT2D eigenvalue weighted by atomic mass is 10.1. The van der Waals surface area contributed by atoms with Crippen LogP contribution in [0.5, 0.6) is 0 Å². The summed E-state index contributed by atoms with van der Waals surface area (Å²) < 4.78 is 0. The molecule has 1 atom stereocenters. The molecule has 17 heavy (non-hydrogen) atoms. The number of amides is 1. The number of carbonyl (C=O) groups is 2. The Morgan fingerprint density at radius 2 is 2.12 bits per heavy atom. The zero-order chi connectivity index (χ0) is 13.0. The van der Waals surface area contributed by atoms with Crippen LogP contribution < -0.4 is 11.1 Å². The number of hydrogen-bond acceptors (Lipinski definition) is 3. The summed E-state index contributed by atoms with van der Waals surface area (Å²) in [5.74, 6) is -1.33. The number of carbonyl (C=O) groups excluding carboxylic acids is 1. The van der Waals surface area contributed by atoms with Crippen molar-refractivity contribution in [2.75, 3.05) is 5.32 Å². The lowest BCUT2D eigenvalue weighted by molar-refractivity contribution is -0.117. The summed E-state index contributed by atoms with van der Waals surface area (Å²) in [6, 6.07) is 3.99. The van der Waals surface area contributed by atoms with Gasteiger partial charge in [-0.1, -0.05) is 13.0 Å². The molecule has 0 aromatic heterocycles. The fraction of sp³-hybridized carbons (Fsp3) is 0.333. The number of nitrogens with two attached hydrogens (primary N) is 1. The van der Waals surface area contributed by atoms with Gasteiger partial charge in [-0.15, -0.1) is 0 Å². The van der Waals surface area contributed by atoms with Crippen molar-refractivity contribution in [3.8, 4) is 0 Å². The molecular weight excluding hydrogens is 220 g/mol. The quantitative estimate of drug-likeness (QED) is 0.736. The average Bonchev–Trinajstić information content (AvgIpc) is 2.30. The second-order valence-electron chi connectivity index (χ2n) is 3.84. The van der Waals surface area contributed by atoms with Gasteiger partial charge in [-0.25, -0.2) is 4.79 Å². The van der Waals surface area contributed by atoms with E-state index < -0.39 is 12.0 Å². The summed E-state index contributed by atoms with van der Waals surface area (Å²) in [5, 5.41) is 11.5. The van der Waals surface area contributed by atoms with Gasteiger partial charge in [0, 0.05) is 5.69 Å². The number of aromatic carboxylic acids is 1. The highest BCUT2D eigenvalue weighted by atomic mass is 16.4. The smallest absolute Gasteiger partial charge is 0.335 e. The monoisotopic (exact) mass is 236 g/mol. The predicted molar refractivity (Wildman–Crippen MR) is 65.0 cm³/mol. The lowest BCUT2D eigenvalue weighted by Crippen LogP contribution is -2.35. The van der Waals surface area contributed by atoms with E-state index in [-0.39, 0.29) is 11.5 Å². The van der Waals surface area contributed by atoms with Gasteiger partial charge in [0.2, 0.25) is 5.91 Å². The van der Waals surface area contributed by atoms with Crippen LogP contribution in [0.2, 0.25) is 0 Å². The Balaban J connectivity index is 2.94. The third-order valence-corrected chi connectivity index (χ3v) is 2.52. The molecule has 0 saturated heterocycles. The Kier molecular flexibility index (Phi) is 4.23. The van der Waals surface area contributed by atoms with Crippen molar-refractivity contribution in [2.24, 2.45) is 5.73 Å². The normalized spacial score (nSPS) is 11.9. The SMILES string of the molecule is CCC(N)C(=O)Nc1cc(C(=O)O)ccc1C. The molecule has 4 N–H and O–H groups in total. The largest absolute Gasteiger partial charge is 0.478 e. The van der Waals surface area contributed by atoms with Gasteiger partial charge in [0.1, 0.15) is 0 Å². The van der Waals surface area contributed by atoms with Gasteiger partial charge < -0.3 is 16.2 Å². The van der Waals surface area contributed by atoms with E-state index >= 15 is 0 Å². The Bertz CT molecular complexity index is 443. The first-order chi connectivity index (χ1) is 7.95. The van der Waals surface area contributed by atoms with E-state index in [0.717, 1.165) is 5.56 Å². The summed E-state index contributed by atoms with van der Waals surface area (Å²) in [6.45, 7) is 3.60. The van der Waals surface area contributed by atoms with Gasteiger partial charge in [-0.2, -0.15) is 0 Å². The molecule has 1 aromatic carbocycles. The molecule has 5 heteroatoms. The molecule has 0 aliphatic heterocycles. The Morgan fingerprint density at radius 1 is 1.47 bits per heavy atom. The molecule has 1 amide bonds. The van der Waals surface area contributed by atoms with E-state index in [1.54, 1.807) is 13.0 Å². The first kappa shape index (κ1) is 13.2. The standard InChI is InChI=1S/C12H16N2O3/c1-3-9(13)11(15)14-10-6-8(12(16)17)5-4-7(10)2/h4-6,9H,3,13H2,1-2H3,(H,14,15)(H,16,17). The zero-order valence-corrected chi connectivity index (χ0v) is 9.86. The van der Waals surface area contributed by atoms with E-state index in [2.05, 4.69) is 5.32 Å². The van der Waals surface area contributed by atoms with Gasteiger partial charge >= 0.3 is 5.97 Å². The van der Waals surface area contributed by atoms with Crippen LogP contribution in [0.15, 0.2) is 18.2 Å². The first-order valence-electron chi connectivity index (χ1n) is 5.36. The molecule has 0 aliphatic rings. The van der Waals surface area contributed by atoms with E-state index in [1.165, 1.54) is 12.1 Å². The van der Waals surface area contributed by atoms with Crippen molar-refractivity contribution < 1.29 is 14.7 Å². The molecular formula is C12H16N2O3. The number of aryl methyl sites for hydroxylation is 1. The third kappa shape index (κ3) is 3.29. The summed E-state index contributed by atoms with van der Waals surface area (Å²) >= 11 is 0. The van der Waals surface area contributed by atoms with Gasteiger partial charge in [0.15, 0.2) is 0 Å². The van der Waals surface area contributed by atoms with Crippen molar-refractivity contribution in [3.63, 3.8) is 0 Å². The highest BCUT2D eigenvalue weighted by Gasteiger charge is 2.13. The van der Waals surface area contributed by atoms with Crippen molar-refractivity contribution >= 4 is 17.6 Å². The topological polar surface area (TPSA) is 92.4 Å². The summed E-state index contributed by atoms with van der Waals surface area (Å²) in [7, 11) is 0. The maximum atomic E-state index is 11.6. The van der Waals surface area contributed by atoms with E-state index in [9.17, 15) is 9.59 Å². The van der Waals surface area contributed by atoms with Crippen molar-refractivity contribution in [1.29, 1.82) is 0 Å². The second-order valence-corrected chi connectivity index (χ2v) is 3.84. The van der Waals surface area contributed by atoms with Gasteiger partial charge in [-0.05, 0) is 31.0 Å². The Labute approximate surface area is 99.6 Å². The molecule has 0 fully saturated rings. The number of benzene rings is 1. The van der Waals surface area contributed by atoms with Crippen LogP contribution in [0.4, 0.5) is 5.69 Å². The number of carboxylic acid groups (broad SMARTS) is 1. The summed E-state index contributed by atoms with van der Waals surface area (Å²) in [4.78, 5) is 22.4. The minimum Gasteiger partial charge on any atom is -0.478 e. The molecule has 0 bridgehead atoms. The van der Waals surface area contributed by atoms with Crippen LogP contribution in [-0.2, 0) is 4.79 Å². The van der Waals surface area contributed by atoms with Gasteiger partial charge in [0.05, 0.1) is 11.6 Å². The molecule has 0 spiro atoms. The van der Waals surface area contributed by atoms with Crippen LogP contribution >= 0.6 is 0 Å². The molecule has 0 heterocycles. The van der Waals surface area contributed by atoms with Crippen molar-refractivity contribution in [1.82, 2.24) is 0 Å². The number of nitrogens with one attached hydrogen (secondary N) is 1.